The lowest BCUT2D eigenvalue weighted by molar-refractivity contribution is -0.0767. The predicted octanol–water partition coefficient (Wildman–Crippen LogP) is 4.03. The molecule has 6 heteroatoms. The molecular formula is C15H15F3O3. The molecule has 3 nitrogen and oxygen atoms in total. The van der Waals surface area contributed by atoms with Crippen molar-refractivity contribution in [2.45, 2.75) is 39.0 Å². The van der Waals surface area contributed by atoms with Gasteiger partial charge in [0.05, 0.1) is 11.5 Å². The summed E-state index contributed by atoms with van der Waals surface area (Å²) in [6, 6.07) is 5.84. The Morgan fingerprint density at radius 1 is 1.14 bits per heavy atom. The maximum atomic E-state index is 12.8. The van der Waals surface area contributed by atoms with Crippen LogP contribution in [0.5, 0.6) is 5.95 Å². The van der Waals surface area contributed by atoms with Crippen LogP contribution in [0.25, 0.3) is 11.0 Å². The van der Waals surface area contributed by atoms with Crippen molar-refractivity contribution in [1.82, 2.24) is 0 Å². The average Bonchev–Trinajstić information content (AvgIpc) is 2.37. The van der Waals surface area contributed by atoms with Gasteiger partial charge in [-0.1, -0.05) is 26.8 Å². The molecule has 1 aromatic carbocycles. The van der Waals surface area contributed by atoms with Crippen molar-refractivity contribution >= 4 is 11.0 Å². The Labute approximate surface area is 119 Å². The summed E-state index contributed by atoms with van der Waals surface area (Å²) in [6.45, 7) is 5.97. The van der Waals surface area contributed by atoms with E-state index in [1.54, 1.807) is 18.2 Å². The summed E-state index contributed by atoms with van der Waals surface area (Å²) in [5.74, 6) is -0.566. The molecule has 21 heavy (non-hydrogen) atoms. The van der Waals surface area contributed by atoms with E-state index < -0.39 is 24.2 Å². The van der Waals surface area contributed by atoms with Crippen LogP contribution in [-0.4, -0.2) is 12.8 Å². The van der Waals surface area contributed by atoms with E-state index in [0.717, 1.165) is 11.6 Å². The summed E-state index contributed by atoms with van der Waals surface area (Å²) in [5, 5.41) is 0.294. The van der Waals surface area contributed by atoms with Gasteiger partial charge in [-0.15, -0.1) is 0 Å². The Balaban J connectivity index is 2.46. The van der Waals surface area contributed by atoms with Gasteiger partial charge < -0.3 is 9.15 Å². The Morgan fingerprint density at radius 3 is 2.38 bits per heavy atom. The number of alkyl halides is 3. The number of ether oxygens (including phenoxy) is 1. The van der Waals surface area contributed by atoms with Gasteiger partial charge in [-0.2, -0.15) is 4.39 Å². The topological polar surface area (TPSA) is 39.4 Å². The quantitative estimate of drug-likeness (QED) is 0.859. The molecule has 0 bridgehead atoms. The summed E-state index contributed by atoms with van der Waals surface area (Å²) in [7, 11) is 0. The zero-order valence-corrected chi connectivity index (χ0v) is 11.8. The molecule has 0 aliphatic heterocycles. The predicted molar refractivity (Wildman–Crippen MR) is 72.7 cm³/mol. The first-order chi connectivity index (χ1) is 9.68. The van der Waals surface area contributed by atoms with E-state index in [1.807, 2.05) is 20.8 Å². The highest BCUT2D eigenvalue weighted by Gasteiger charge is 2.23. The van der Waals surface area contributed by atoms with Crippen molar-refractivity contribution < 1.29 is 22.3 Å². The van der Waals surface area contributed by atoms with Crippen molar-refractivity contribution in [3.63, 3.8) is 0 Å². The summed E-state index contributed by atoms with van der Waals surface area (Å²) < 4.78 is 46.4. The maximum Gasteiger partial charge on any atom is 0.304 e. The van der Waals surface area contributed by atoms with Gasteiger partial charge >= 0.3 is 12.8 Å². The summed E-state index contributed by atoms with van der Waals surface area (Å²) in [6.07, 6.45) is -6.14. The second-order valence-corrected chi connectivity index (χ2v) is 5.69. The first kappa shape index (κ1) is 15.4. The molecule has 0 radical (unpaired) electrons. The number of halogens is 3. The van der Waals surface area contributed by atoms with E-state index in [-0.39, 0.29) is 11.0 Å². The zero-order chi connectivity index (χ0) is 15.8. The summed E-state index contributed by atoms with van der Waals surface area (Å²) in [4.78, 5) is 12.0. The highest BCUT2D eigenvalue weighted by atomic mass is 19.3. The molecule has 1 heterocycles. The molecule has 114 valence electrons. The third-order valence-corrected chi connectivity index (χ3v) is 3.00. The van der Waals surface area contributed by atoms with Gasteiger partial charge in [0.25, 0.3) is 5.95 Å². The number of benzene rings is 1. The lowest BCUT2D eigenvalue weighted by atomic mass is 9.86. The number of fused-ring (bicyclic) bond motifs is 1. The molecule has 0 saturated heterocycles. The zero-order valence-electron chi connectivity index (χ0n) is 11.8. The molecule has 2 aromatic rings. The average molecular weight is 300 g/mol. The van der Waals surface area contributed by atoms with Crippen molar-refractivity contribution in [2.24, 2.45) is 0 Å². The highest BCUT2D eigenvalue weighted by Crippen LogP contribution is 2.26. The van der Waals surface area contributed by atoms with Crippen molar-refractivity contribution in [1.29, 1.82) is 0 Å². The lowest BCUT2D eigenvalue weighted by Crippen LogP contribution is -2.20. The number of hydrogen-bond donors (Lipinski definition) is 0. The normalized spacial score (nSPS) is 13.7. The molecule has 2 rings (SSSR count). The van der Waals surface area contributed by atoms with Crippen LogP contribution in [0.4, 0.5) is 13.2 Å². The lowest BCUT2D eigenvalue weighted by Gasteiger charge is -2.19. The fourth-order valence-electron chi connectivity index (χ4n) is 1.82. The smallest absolute Gasteiger partial charge is 0.304 e. The Bertz CT molecular complexity index is 701. The van der Waals surface area contributed by atoms with Crippen LogP contribution in [0.2, 0.25) is 0 Å². The third kappa shape index (κ3) is 3.37. The van der Waals surface area contributed by atoms with Crippen LogP contribution in [0, 0.1) is 0 Å². The largest absolute Gasteiger partial charge is 0.425 e. The van der Waals surface area contributed by atoms with Crippen molar-refractivity contribution in [3.05, 3.63) is 40.1 Å². The fraction of sp³-hybridized carbons (Fsp3) is 0.400. The summed E-state index contributed by atoms with van der Waals surface area (Å²) >= 11 is 0. The van der Waals surface area contributed by atoms with E-state index >= 15 is 0 Å². The molecule has 0 spiro atoms. The minimum Gasteiger partial charge on any atom is -0.425 e. The molecule has 0 N–H and O–H groups in total. The molecule has 0 fully saturated rings. The monoisotopic (exact) mass is 300 g/mol. The molecule has 1 atom stereocenters. The SMILES string of the molecule is CC(C)(C)c1ccc2oc(OC(F)C(F)F)cc(=O)c2c1. The molecule has 0 amide bonds. The molecule has 1 unspecified atom stereocenters. The molecular weight excluding hydrogens is 285 g/mol. The molecule has 1 aromatic heterocycles. The Morgan fingerprint density at radius 2 is 1.81 bits per heavy atom. The first-order valence-corrected chi connectivity index (χ1v) is 6.36. The highest BCUT2D eigenvalue weighted by molar-refractivity contribution is 5.77. The molecule has 0 aliphatic rings. The Hall–Kier alpha value is -1.98. The van der Waals surface area contributed by atoms with E-state index in [0.29, 0.717) is 5.39 Å². The van der Waals surface area contributed by atoms with Gasteiger partial charge in [-0.3, -0.25) is 4.79 Å². The van der Waals surface area contributed by atoms with E-state index in [4.69, 9.17) is 4.42 Å². The van der Waals surface area contributed by atoms with Crippen LogP contribution >= 0.6 is 0 Å². The van der Waals surface area contributed by atoms with Gasteiger partial charge in [0, 0.05) is 0 Å². The molecule has 0 aliphatic carbocycles. The number of rotatable bonds is 3. The minimum atomic E-state index is -3.31. The van der Waals surface area contributed by atoms with Crippen LogP contribution < -0.4 is 10.2 Å². The van der Waals surface area contributed by atoms with Crippen molar-refractivity contribution in [3.8, 4) is 5.95 Å². The Kier molecular flexibility index (Phi) is 3.98. The summed E-state index contributed by atoms with van der Waals surface area (Å²) in [5.41, 5.74) is 0.452. The first-order valence-electron chi connectivity index (χ1n) is 6.36. The second-order valence-electron chi connectivity index (χ2n) is 5.69. The van der Waals surface area contributed by atoms with Gasteiger partial charge in [0.2, 0.25) is 0 Å². The van der Waals surface area contributed by atoms with Crippen LogP contribution in [0.3, 0.4) is 0 Å². The molecule has 0 saturated carbocycles. The van der Waals surface area contributed by atoms with Crippen molar-refractivity contribution in [2.75, 3.05) is 0 Å². The van der Waals surface area contributed by atoms with Gasteiger partial charge in [0.15, 0.2) is 5.43 Å². The maximum absolute atomic E-state index is 12.8. The van der Waals surface area contributed by atoms with Gasteiger partial charge in [-0.25, -0.2) is 8.78 Å². The third-order valence-electron chi connectivity index (χ3n) is 3.00. The fourth-order valence-corrected chi connectivity index (χ4v) is 1.82. The van der Waals surface area contributed by atoms with Gasteiger partial charge in [0.1, 0.15) is 5.58 Å². The van der Waals surface area contributed by atoms with E-state index in [1.165, 1.54) is 0 Å². The minimum absolute atomic E-state index is 0.157. The van der Waals surface area contributed by atoms with E-state index in [9.17, 15) is 18.0 Å². The second kappa shape index (κ2) is 5.42. The van der Waals surface area contributed by atoms with E-state index in [2.05, 4.69) is 4.74 Å². The van der Waals surface area contributed by atoms with Crippen LogP contribution in [-0.2, 0) is 5.41 Å². The standard InChI is InChI=1S/C15H15F3O3/c1-15(2,3)8-4-5-11-9(6-8)10(19)7-12(20-11)21-14(18)13(16)17/h4-7,13-14H,1-3H3. The van der Waals surface area contributed by atoms with Crippen LogP contribution in [0.15, 0.2) is 33.5 Å². The number of hydrogen-bond acceptors (Lipinski definition) is 3. The van der Waals surface area contributed by atoms with Crippen LogP contribution in [0.1, 0.15) is 26.3 Å². The van der Waals surface area contributed by atoms with Gasteiger partial charge in [-0.05, 0) is 23.1 Å².